The number of hydrogen-bond acceptors (Lipinski definition) is 1. The molecule has 0 bridgehead atoms. The van der Waals surface area contributed by atoms with E-state index in [1.54, 1.807) is 0 Å². The van der Waals surface area contributed by atoms with Gasteiger partial charge in [0.25, 0.3) is 0 Å². The van der Waals surface area contributed by atoms with Crippen LogP contribution in [0.4, 0.5) is 0 Å². The summed E-state index contributed by atoms with van der Waals surface area (Å²) in [4.78, 5) is 11.7. The van der Waals surface area contributed by atoms with Crippen molar-refractivity contribution >= 4 is 11.4 Å². The van der Waals surface area contributed by atoms with Crippen LogP contribution in [0, 0.1) is 12.3 Å². The van der Waals surface area contributed by atoms with Crippen molar-refractivity contribution in [3.63, 3.8) is 0 Å². The van der Waals surface area contributed by atoms with Gasteiger partial charge in [0.15, 0.2) is 5.78 Å². The molecule has 0 fully saturated rings. The highest BCUT2D eigenvalue weighted by Gasteiger charge is 2.28. The van der Waals surface area contributed by atoms with Gasteiger partial charge in [0.1, 0.15) is 0 Å². The van der Waals surface area contributed by atoms with E-state index in [1.807, 2.05) is 18.2 Å². The Kier molecular flexibility index (Phi) is 2.71. The third-order valence-electron chi connectivity index (χ3n) is 3.15. The Bertz CT molecular complexity index is 452. The molecule has 1 nitrogen and oxygen atoms in total. The van der Waals surface area contributed by atoms with Gasteiger partial charge in [-0.1, -0.05) is 38.1 Å². The van der Waals surface area contributed by atoms with Crippen molar-refractivity contribution < 1.29 is 4.79 Å². The van der Waals surface area contributed by atoms with Gasteiger partial charge < -0.3 is 0 Å². The maximum absolute atomic E-state index is 11.7. The molecule has 2 rings (SSSR count). The summed E-state index contributed by atoms with van der Waals surface area (Å²) < 4.78 is 0. The average molecular weight is 214 g/mol. The minimum absolute atomic E-state index is 0.101. The Morgan fingerprint density at radius 1 is 1.12 bits per heavy atom. The van der Waals surface area contributed by atoms with Gasteiger partial charge in [-0.15, -0.1) is 0 Å². The molecule has 1 aliphatic rings. The lowest BCUT2D eigenvalue weighted by molar-refractivity contribution is -0.116. The number of carbonyl (C=O) groups is 1. The van der Waals surface area contributed by atoms with Crippen LogP contribution in [0.3, 0.4) is 0 Å². The fourth-order valence-electron chi connectivity index (χ4n) is 2.45. The zero-order chi connectivity index (χ0) is 11.8. The summed E-state index contributed by atoms with van der Waals surface area (Å²) in [6.45, 7) is 6.43. The maximum atomic E-state index is 11.7. The molecular formula is C15H18O. The highest BCUT2D eigenvalue weighted by Crippen LogP contribution is 2.38. The van der Waals surface area contributed by atoms with E-state index in [1.165, 1.54) is 16.7 Å². The predicted octanol–water partition coefficient (Wildman–Crippen LogP) is 3.77. The van der Waals surface area contributed by atoms with Crippen LogP contribution in [0.25, 0.3) is 5.57 Å². The molecule has 1 aromatic rings. The molecule has 16 heavy (non-hydrogen) atoms. The summed E-state index contributed by atoms with van der Waals surface area (Å²) in [6.07, 6.45) is 3.49. The van der Waals surface area contributed by atoms with Crippen LogP contribution in [0.5, 0.6) is 0 Å². The molecule has 0 aromatic heterocycles. The number of hydrogen-bond donors (Lipinski definition) is 0. The summed E-state index contributed by atoms with van der Waals surface area (Å²) in [5.74, 6) is 0.259. The zero-order valence-electron chi connectivity index (χ0n) is 10.2. The third-order valence-corrected chi connectivity index (χ3v) is 3.15. The minimum Gasteiger partial charge on any atom is -0.295 e. The lowest BCUT2D eigenvalue weighted by Crippen LogP contribution is -2.21. The lowest BCUT2D eigenvalue weighted by Gasteiger charge is -2.29. The summed E-state index contributed by atoms with van der Waals surface area (Å²) in [7, 11) is 0. The molecule has 0 atom stereocenters. The van der Waals surface area contributed by atoms with Gasteiger partial charge in [0, 0.05) is 6.42 Å². The van der Waals surface area contributed by atoms with Gasteiger partial charge in [-0.05, 0) is 41.5 Å². The van der Waals surface area contributed by atoms with Crippen molar-refractivity contribution in [2.75, 3.05) is 0 Å². The molecule has 0 N–H and O–H groups in total. The van der Waals surface area contributed by atoms with E-state index in [9.17, 15) is 4.79 Å². The molecule has 1 aliphatic carbocycles. The van der Waals surface area contributed by atoms with Crippen molar-refractivity contribution in [1.29, 1.82) is 0 Å². The fourth-order valence-corrected chi connectivity index (χ4v) is 2.45. The van der Waals surface area contributed by atoms with Crippen molar-refractivity contribution in [3.8, 4) is 0 Å². The lowest BCUT2D eigenvalue weighted by atomic mass is 9.74. The Morgan fingerprint density at radius 3 is 2.44 bits per heavy atom. The fraction of sp³-hybridized carbons (Fsp3) is 0.400. The normalized spacial score (nSPS) is 19.4. The second-order valence-corrected chi connectivity index (χ2v) is 5.47. The Morgan fingerprint density at radius 2 is 1.81 bits per heavy atom. The van der Waals surface area contributed by atoms with E-state index in [4.69, 9.17) is 0 Å². The standard InChI is InChI=1S/C15H18O/c1-11-6-4-5-7-14(11)12-8-13(16)10-15(2,3)9-12/h4-8H,9-10H2,1-3H3. The Labute approximate surface area is 97.2 Å². The smallest absolute Gasteiger partial charge is 0.156 e. The van der Waals surface area contributed by atoms with Crippen LogP contribution in [0.2, 0.25) is 0 Å². The highest BCUT2D eigenvalue weighted by atomic mass is 16.1. The molecule has 0 saturated carbocycles. The first kappa shape index (κ1) is 11.1. The molecule has 0 amide bonds. The number of rotatable bonds is 1. The van der Waals surface area contributed by atoms with Crippen LogP contribution in [0.15, 0.2) is 30.3 Å². The Balaban J connectivity index is 2.42. The largest absolute Gasteiger partial charge is 0.295 e. The van der Waals surface area contributed by atoms with E-state index in [0.717, 1.165) is 6.42 Å². The summed E-state index contributed by atoms with van der Waals surface area (Å²) >= 11 is 0. The molecule has 0 unspecified atom stereocenters. The highest BCUT2D eigenvalue weighted by molar-refractivity contribution is 5.99. The molecule has 0 spiro atoms. The zero-order valence-corrected chi connectivity index (χ0v) is 10.2. The first-order valence-corrected chi connectivity index (χ1v) is 5.77. The van der Waals surface area contributed by atoms with Gasteiger partial charge in [0.05, 0.1) is 0 Å². The maximum Gasteiger partial charge on any atom is 0.156 e. The van der Waals surface area contributed by atoms with Crippen LogP contribution < -0.4 is 0 Å². The molecule has 0 saturated heterocycles. The van der Waals surface area contributed by atoms with E-state index in [2.05, 4.69) is 32.9 Å². The first-order valence-electron chi connectivity index (χ1n) is 5.77. The molecule has 0 aliphatic heterocycles. The van der Waals surface area contributed by atoms with E-state index >= 15 is 0 Å². The van der Waals surface area contributed by atoms with Crippen LogP contribution >= 0.6 is 0 Å². The number of allylic oxidation sites excluding steroid dienone is 2. The average Bonchev–Trinajstić information content (AvgIpc) is 2.15. The van der Waals surface area contributed by atoms with Gasteiger partial charge in [-0.2, -0.15) is 0 Å². The van der Waals surface area contributed by atoms with Crippen molar-refractivity contribution in [2.24, 2.45) is 5.41 Å². The molecule has 1 heteroatoms. The predicted molar refractivity (Wildman–Crippen MR) is 67.2 cm³/mol. The molecule has 0 radical (unpaired) electrons. The summed E-state index contributed by atoms with van der Waals surface area (Å²) in [6, 6.07) is 8.28. The van der Waals surface area contributed by atoms with Crippen LogP contribution in [0.1, 0.15) is 37.8 Å². The second kappa shape index (κ2) is 3.89. The van der Waals surface area contributed by atoms with E-state index < -0.39 is 0 Å². The summed E-state index contributed by atoms with van der Waals surface area (Å²) in [5, 5.41) is 0. The van der Waals surface area contributed by atoms with Gasteiger partial charge in [0.2, 0.25) is 0 Å². The third kappa shape index (κ3) is 2.24. The van der Waals surface area contributed by atoms with Crippen molar-refractivity contribution in [2.45, 2.75) is 33.6 Å². The van der Waals surface area contributed by atoms with E-state index in [0.29, 0.717) is 6.42 Å². The van der Waals surface area contributed by atoms with Crippen molar-refractivity contribution in [1.82, 2.24) is 0 Å². The number of benzene rings is 1. The SMILES string of the molecule is Cc1ccccc1C1=CC(=O)CC(C)(C)C1. The van der Waals surface area contributed by atoms with Gasteiger partial charge in [-0.3, -0.25) is 4.79 Å². The number of ketones is 1. The van der Waals surface area contributed by atoms with E-state index in [-0.39, 0.29) is 11.2 Å². The minimum atomic E-state index is 0.101. The summed E-state index contributed by atoms with van der Waals surface area (Å²) in [5.41, 5.74) is 3.77. The van der Waals surface area contributed by atoms with Gasteiger partial charge in [-0.25, -0.2) is 0 Å². The molecule has 84 valence electrons. The van der Waals surface area contributed by atoms with Crippen LogP contribution in [-0.4, -0.2) is 5.78 Å². The number of carbonyl (C=O) groups excluding carboxylic acids is 1. The number of aryl methyl sites for hydroxylation is 1. The molecular weight excluding hydrogens is 196 g/mol. The van der Waals surface area contributed by atoms with Crippen molar-refractivity contribution in [3.05, 3.63) is 41.5 Å². The van der Waals surface area contributed by atoms with Crippen LogP contribution in [-0.2, 0) is 4.79 Å². The second-order valence-electron chi connectivity index (χ2n) is 5.47. The topological polar surface area (TPSA) is 17.1 Å². The quantitative estimate of drug-likeness (QED) is 0.695. The molecule has 0 heterocycles. The van der Waals surface area contributed by atoms with Gasteiger partial charge >= 0.3 is 0 Å². The monoisotopic (exact) mass is 214 g/mol. The first-order chi connectivity index (χ1) is 7.48. The molecule has 1 aromatic carbocycles. The Hall–Kier alpha value is -1.37.